The van der Waals surface area contributed by atoms with Crippen molar-refractivity contribution in [3.8, 4) is 22.8 Å². The molecule has 1 aliphatic rings. The van der Waals surface area contributed by atoms with Gasteiger partial charge in [0, 0.05) is 30.4 Å². The zero-order valence-corrected chi connectivity index (χ0v) is 14.6. The maximum atomic E-state index is 11.0. The number of anilines is 1. The van der Waals surface area contributed by atoms with Crippen molar-refractivity contribution in [3.63, 3.8) is 0 Å². The van der Waals surface area contributed by atoms with Crippen LogP contribution in [0.25, 0.3) is 22.8 Å². The van der Waals surface area contributed by atoms with Gasteiger partial charge in [0.25, 0.3) is 0 Å². The lowest BCUT2D eigenvalue weighted by Gasteiger charge is -2.34. The van der Waals surface area contributed by atoms with Gasteiger partial charge in [0.15, 0.2) is 5.76 Å². The zero-order valence-electron chi connectivity index (χ0n) is 14.6. The Morgan fingerprint density at radius 2 is 1.85 bits per heavy atom. The molecule has 0 radical (unpaired) electrons. The lowest BCUT2D eigenvalue weighted by atomic mass is 10.1. The molecule has 0 unspecified atom stereocenters. The predicted molar refractivity (Wildman–Crippen MR) is 99.1 cm³/mol. The van der Waals surface area contributed by atoms with Gasteiger partial charge in [0.05, 0.1) is 18.4 Å². The van der Waals surface area contributed by atoms with Crippen LogP contribution in [0.1, 0.15) is 15.9 Å². The summed E-state index contributed by atoms with van der Waals surface area (Å²) in [5, 5.41) is 8.99. The second-order valence-electron chi connectivity index (χ2n) is 6.61. The van der Waals surface area contributed by atoms with Gasteiger partial charge in [-0.2, -0.15) is 0 Å². The van der Waals surface area contributed by atoms with Crippen molar-refractivity contribution in [2.45, 2.75) is 6.54 Å². The Kier molecular flexibility index (Phi) is 3.97. The molecule has 2 heterocycles. The second-order valence-corrected chi connectivity index (χ2v) is 6.61. The van der Waals surface area contributed by atoms with Crippen LogP contribution in [0.2, 0.25) is 0 Å². The van der Waals surface area contributed by atoms with Crippen LogP contribution in [0.3, 0.4) is 0 Å². The summed E-state index contributed by atoms with van der Waals surface area (Å²) >= 11 is 0. The summed E-state index contributed by atoms with van der Waals surface area (Å²) < 4.78 is 5.92. The quantitative estimate of drug-likeness (QED) is 0.780. The van der Waals surface area contributed by atoms with Gasteiger partial charge in [-0.15, -0.1) is 0 Å². The number of nitrogens with zero attached hydrogens (tertiary/aromatic N) is 3. The van der Waals surface area contributed by atoms with Crippen LogP contribution in [-0.2, 0) is 6.54 Å². The SMILES string of the molecule is CN1Cc2cc(-c3ncc(-c4ccc(C(=O)O)cc4)o3)ccc2N(C)C1. The van der Waals surface area contributed by atoms with Crippen molar-refractivity contribution in [1.29, 1.82) is 0 Å². The molecule has 1 aromatic heterocycles. The smallest absolute Gasteiger partial charge is 0.335 e. The van der Waals surface area contributed by atoms with E-state index in [1.807, 2.05) is 6.07 Å². The molecule has 2 aromatic carbocycles. The summed E-state index contributed by atoms with van der Waals surface area (Å²) in [5.41, 5.74) is 4.44. The summed E-state index contributed by atoms with van der Waals surface area (Å²) in [6, 6.07) is 12.8. The molecule has 0 saturated carbocycles. The largest absolute Gasteiger partial charge is 0.478 e. The van der Waals surface area contributed by atoms with Crippen molar-refractivity contribution in [1.82, 2.24) is 9.88 Å². The fraction of sp³-hybridized carbons (Fsp3) is 0.200. The molecule has 132 valence electrons. The topological polar surface area (TPSA) is 69.8 Å². The number of aromatic nitrogens is 1. The monoisotopic (exact) mass is 349 g/mol. The average Bonchev–Trinajstić information content (AvgIpc) is 3.11. The molecular formula is C20H19N3O3. The van der Waals surface area contributed by atoms with E-state index in [4.69, 9.17) is 9.52 Å². The highest BCUT2D eigenvalue weighted by atomic mass is 16.4. The molecule has 0 fully saturated rings. The number of hydrogen-bond donors (Lipinski definition) is 1. The van der Waals surface area contributed by atoms with Crippen LogP contribution in [0.4, 0.5) is 5.69 Å². The standard InChI is InChI=1S/C20H19N3O3/c1-22-11-16-9-15(7-8-17(16)23(2)12-22)19-21-10-18(26-19)13-3-5-14(6-4-13)20(24)25/h3-10H,11-12H2,1-2H3,(H,24,25). The third-order valence-corrected chi connectivity index (χ3v) is 4.55. The summed E-state index contributed by atoms with van der Waals surface area (Å²) in [4.78, 5) is 19.8. The van der Waals surface area contributed by atoms with Crippen molar-refractivity contribution in [2.24, 2.45) is 0 Å². The number of carbonyl (C=O) groups is 1. The first kappa shape index (κ1) is 16.4. The number of aromatic carboxylic acids is 1. The summed E-state index contributed by atoms with van der Waals surface area (Å²) in [5.74, 6) is 0.226. The Morgan fingerprint density at radius 1 is 1.12 bits per heavy atom. The van der Waals surface area contributed by atoms with Crippen LogP contribution in [0.5, 0.6) is 0 Å². The number of fused-ring (bicyclic) bond motifs is 1. The Labute approximate surface area is 151 Å². The van der Waals surface area contributed by atoms with E-state index in [0.29, 0.717) is 11.7 Å². The van der Waals surface area contributed by atoms with Gasteiger partial charge in [-0.1, -0.05) is 12.1 Å². The van der Waals surface area contributed by atoms with E-state index in [0.717, 1.165) is 24.3 Å². The van der Waals surface area contributed by atoms with Crippen LogP contribution >= 0.6 is 0 Å². The summed E-state index contributed by atoms with van der Waals surface area (Å²) in [6.45, 7) is 1.79. The number of oxazole rings is 1. The summed E-state index contributed by atoms with van der Waals surface area (Å²) in [6.07, 6.45) is 1.67. The molecule has 0 aliphatic carbocycles. The van der Waals surface area contributed by atoms with E-state index in [1.54, 1.807) is 30.5 Å². The van der Waals surface area contributed by atoms with E-state index >= 15 is 0 Å². The number of rotatable bonds is 3. The van der Waals surface area contributed by atoms with E-state index in [2.05, 4.69) is 41.0 Å². The van der Waals surface area contributed by atoms with Gasteiger partial charge in [-0.3, -0.25) is 4.90 Å². The average molecular weight is 349 g/mol. The van der Waals surface area contributed by atoms with Crippen LogP contribution in [0, 0.1) is 0 Å². The third kappa shape index (κ3) is 2.95. The predicted octanol–water partition coefficient (Wildman–Crippen LogP) is 3.55. The fourth-order valence-corrected chi connectivity index (χ4v) is 3.31. The molecule has 4 rings (SSSR count). The van der Waals surface area contributed by atoms with Crippen LogP contribution in [0.15, 0.2) is 53.1 Å². The van der Waals surface area contributed by atoms with Crippen molar-refractivity contribution >= 4 is 11.7 Å². The number of benzene rings is 2. The minimum absolute atomic E-state index is 0.247. The highest BCUT2D eigenvalue weighted by Crippen LogP contribution is 2.32. The van der Waals surface area contributed by atoms with Crippen LogP contribution < -0.4 is 4.90 Å². The molecule has 6 heteroatoms. The van der Waals surface area contributed by atoms with Gasteiger partial charge >= 0.3 is 5.97 Å². The lowest BCUT2D eigenvalue weighted by Crippen LogP contribution is -2.37. The molecule has 1 N–H and O–H groups in total. The summed E-state index contributed by atoms with van der Waals surface area (Å²) in [7, 11) is 4.17. The molecule has 3 aromatic rings. The third-order valence-electron chi connectivity index (χ3n) is 4.55. The minimum Gasteiger partial charge on any atom is -0.478 e. The fourth-order valence-electron chi connectivity index (χ4n) is 3.31. The molecule has 0 spiro atoms. The van der Waals surface area contributed by atoms with E-state index in [-0.39, 0.29) is 5.56 Å². The second kappa shape index (κ2) is 6.31. The molecule has 26 heavy (non-hydrogen) atoms. The molecule has 0 bridgehead atoms. The van der Waals surface area contributed by atoms with E-state index in [9.17, 15) is 4.79 Å². The van der Waals surface area contributed by atoms with Gasteiger partial charge in [0.1, 0.15) is 0 Å². The first-order chi connectivity index (χ1) is 12.5. The van der Waals surface area contributed by atoms with Crippen molar-refractivity contribution in [3.05, 3.63) is 59.8 Å². The Morgan fingerprint density at radius 3 is 2.58 bits per heavy atom. The van der Waals surface area contributed by atoms with E-state index < -0.39 is 5.97 Å². The van der Waals surface area contributed by atoms with Crippen LogP contribution in [-0.4, -0.2) is 41.7 Å². The first-order valence-corrected chi connectivity index (χ1v) is 8.34. The van der Waals surface area contributed by atoms with Crippen molar-refractivity contribution < 1.29 is 14.3 Å². The van der Waals surface area contributed by atoms with Gasteiger partial charge < -0.3 is 14.4 Å². The Balaban J connectivity index is 1.64. The Bertz CT molecular complexity index is 963. The molecule has 0 amide bonds. The van der Waals surface area contributed by atoms with Gasteiger partial charge in [-0.25, -0.2) is 9.78 Å². The number of hydrogen-bond acceptors (Lipinski definition) is 5. The molecule has 0 atom stereocenters. The normalized spacial score (nSPS) is 14.3. The van der Waals surface area contributed by atoms with Gasteiger partial charge in [0.2, 0.25) is 5.89 Å². The molecule has 1 aliphatic heterocycles. The molecule has 6 nitrogen and oxygen atoms in total. The number of carboxylic acid groups (broad SMARTS) is 1. The Hall–Kier alpha value is -3.12. The molecule has 0 saturated heterocycles. The molecular weight excluding hydrogens is 330 g/mol. The maximum Gasteiger partial charge on any atom is 0.335 e. The first-order valence-electron chi connectivity index (χ1n) is 8.34. The highest BCUT2D eigenvalue weighted by Gasteiger charge is 2.19. The van der Waals surface area contributed by atoms with E-state index in [1.165, 1.54) is 11.3 Å². The maximum absolute atomic E-state index is 11.0. The minimum atomic E-state index is -0.946. The van der Waals surface area contributed by atoms with Crippen molar-refractivity contribution in [2.75, 3.05) is 25.7 Å². The number of carboxylic acids is 1. The lowest BCUT2D eigenvalue weighted by molar-refractivity contribution is 0.0697. The highest BCUT2D eigenvalue weighted by molar-refractivity contribution is 5.88. The zero-order chi connectivity index (χ0) is 18.3. The van der Waals surface area contributed by atoms with Gasteiger partial charge in [-0.05, 0) is 42.9 Å².